The fraction of sp³-hybridized carbons (Fsp3) is 0.611. The van der Waals surface area contributed by atoms with Crippen molar-refractivity contribution < 1.29 is 33.6 Å². The number of carbonyl (C=O) groups excluding carboxylic acids is 2. The Labute approximate surface area is 171 Å². The van der Waals surface area contributed by atoms with Crippen molar-refractivity contribution in [3.8, 4) is 0 Å². The molecule has 2 aromatic rings. The average molecular weight is 421 g/mol. The van der Waals surface area contributed by atoms with E-state index in [1.54, 1.807) is 4.57 Å². The normalized spacial score (nSPS) is 28.6. The molecule has 4 heterocycles. The van der Waals surface area contributed by atoms with Gasteiger partial charge in [-0.3, -0.25) is 14.2 Å². The SMILES string of the molecule is CC(=O)O[C@@H]1[C@@H](CO)OC(n2cnc3c(N[C@@H]4CCOC4)ncnc32)[C@@H]1OC(C)=O. The van der Waals surface area contributed by atoms with Crippen LogP contribution < -0.4 is 5.32 Å². The molecule has 1 unspecified atom stereocenters. The second-order valence-electron chi connectivity index (χ2n) is 7.15. The Bertz CT molecular complexity index is 929. The van der Waals surface area contributed by atoms with Crippen LogP contribution in [-0.2, 0) is 28.5 Å². The van der Waals surface area contributed by atoms with Crippen molar-refractivity contribution in [3.05, 3.63) is 12.7 Å². The third-order valence-electron chi connectivity index (χ3n) is 4.97. The molecule has 0 saturated carbocycles. The smallest absolute Gasteiger partial charge is 0.303 e. The van der Waals surface area contributed by atoms with Crippen LogP contribution in [0.5, 0.6) is 0 Å². The van der Waals surface area contributed by atoms with Gasteiger partial charge in [-0.1, -0.05) is 0 Å². The first kappa shape index (κ1) is 20.4. The monoisotopic (exact) mass is 421 g/mol. The quantitative estimate of drug-likeness (QED) is 0.597. The van der Waals surface area contributed by atoms with E-state index in [4.69, 9.17) is 18.9 Å². The van der Waals surface area contributed by atoms with Crippen LogP contribution >= 0.6 is 0 Å². The number of imidazole rings is 1. The van der Waals surface area contributed by atoms with Crippen LogP contribution in [-0.4, -0.2) is 80.7 Å². The summed E-state index contributed by atoms with van der Waals surface area (Å²) in [5.41, 5.74) is 0.944. The molecule has 0 amide bonds. The molecule has 30 heavy (non-hydrogen) atoms. The van der Waals surface area contributed by atoms with Gasteiger partial charge in [-0.2, -0.15) is 0 Å². The lowest BCUT2D eigenvalue weighted by Crippen LogP contribution is -2.40. The number of carbonyl (C=O) groups is 2. The Hall–Kier alpha value is -2.83. The molecule has 162 valence electrons. The first-order valence-electron chi connectivity index (χ1n) is 9.60. The van der Waals surface area contributed by atoms with Crippen molar-refractivity contribution in [1.29, 1.82) is 0 Å². The highest BCUT2D eigenvalue weighted by Crippen LogP contribution is 2.36. The second kappa shape index (κ2) is 8.50. The van der Waals surface area contributed by atoms with Crippen molar-refractivity contribution >= 4 is 28.9 Å². The molecule has 2 saturated heterocycles. The predicted octanol–water partition coefficient (Wildman–Crippen LogP) is -0.220. The van der Waals surface area contributed by atoms with E-state index in [0.29, 0.717) is 30.2 Å². The molecular formula is C18H23N5O7. The maximum absolute atomic E-state index is 11.7. The zero-order valence-electron chi connectivity index (χ0n) is 16.6. The van der Waals surface area contributed by atoms with Crippen LogP contribution in [0.1, 0.15) is 26.5 Å². The fourth-order valence-electron chi connectivity index (χ4n) is 3.72. The van der Waals surface area contributed by atoms with Gasteiger partial charge in [-0.25, -0.2) is 15.0 Å². The van der Waals surface area contributed by atoms with Gasteiger partial charge in [-0.15, -0.1) is 0 Å². The standard InChI is InChI=1S/C18H23N5O7/c1-9(25)28-14-12(5-24)30-18(15(14)29-10(2)26)23-8-21-13-16(19-7-20-17(13)23)22-11-3-4-27-6-11/h7-8,11-12,14-15,18,24H,3-6H2,1-2H3,(H,19,20,22)/t11-,12-,14-,15-,18?/m1/s1. The summed E-state index contributed by atoms with van der Waals surface area (Å²) in [7, 11) is 0. The lowest BCUT2D eigenvalue weighted by Gasteiger charge is -2.23. The Balaban J connectivity index is 1.68. The van der Waals surface area contributed by atoms with Crippen molar-refractivity contribution in [2.45, 2.75) is 50.8 Å². The molecule has 0 aliphatic carbocycles. The van der Waals surface area contributed by atoms with Gasteiger partial charge in [0.1, 0.15) is 12.4 Å². The van der Waals surface area contributed by atoms with Crippen molar-refractivity contribution in [2.24, 2.45) is 0 Å². The summed E-state index contributed by atoms with van der Waals surface area (Å²) in [4.78, 5) is 36.2. The maximum Gasteiger partial charge on any atom is 0.303 e. The number of aliphatic hydroxyl groups excluding tert-OH is 1. The first-order valence-corrected chi connectivity index (χ1v) is 9.60. The molecule has 4 rings (SSSR count). The van der Waals surface area contributed by atoms with E-state index in [9.17, 15) is 14.7 Å². The minimum atomic E-state index is -0.990. The number of esters is 2. The number of aliphatic hydroxyl groups is 1. The first-order chi connectivity index (χ1) is 14.5. The highest BCUT2D eigenvalue weighted by Gasteiger charge is 2.50. The summed E-state index contributed by atoms with van der Waals surface area (Å²) < 4.78 is 23.5. The van der Waals surface area contributed by atoms with E-state index in [1.807, 2.05) is 0 Å². The second-order valence-corrected chi connectivity index (χ2v) is 7.15. The fourth-order valence-corrected chi connectivity index (χ4v) is 3.72. The van der Waals surface area contributed by atoms with Gasteiger partial charge < -0.3 is 29.4 Å². The van der Waals surface area contributed by atoms with E-state index < -0.39 is 43.1 Å². The topological polar surface area (TPSA) is 147 Å². The van der Waals surface area contributed by atoms with Crippen LogP contribution in [0.3, 0.4) is 0 Å². The molecular weight excluding hydrogens is 398 g/mol. The molecule has 0 spiro atoms. The largest absolute Gasteiger partial charge is 0.456 e. The number of anilines is 1. The number of hydrogen-bond donors (Lipinski definition) is 2. The van der Waals surface area contributed by atoms with E-state index in [1.165, 1.54) is 26.5 Å². The molecule has 2 aliphatic rings. The van der Waals surface area contributed by atoms with Gasteiger partial charge in [0.25, 0.3) is 0 Å². The van der Waals surface area contributed by atoms with Gasteiger partial charge in [0.15, 0.2) is 35.4 Å². The molecule has 2 aliphatic heterocycles. The lowest BCUT2D eigenvalue weighted by atomic mass is 10.1. The van der Waals surface area contributed by atoms with E-state index >= 15 is 0 Å². The van der Waals surface area contributed by atoms with Crippen LogP contribution in [0.15, 0.2) is 12.7 Å². The Kier molecular flexibility index (Phi) is 5.79. The zero-order valence-corrected chi connectivity index (χ0v) is 16.6. The molecule has 0 aromatic carbocycles. The van der Waals surface area contributed by atoms with E-state index in [-0.39, 0.29) is 6.04 Å². The van der Waals surface area contributed by atoms with E-state index in [2.05, 4.69) is 20.3 Å². The number of fused-ring (bicyclic) bond motifs is 1. The van der Waals surface area contributed by atoms with Crippen molar-refractivity contribution in [1.82, 2.24) is 19.5 Å². The van der Waals surface area contributed by atoms with Crippen LogP contribution in [0.4, 0.5) is 5.82 Å². The Morgan fingerprint density at radius 1 is 1.23 bits per heavy atom. The number of ether oxygens (including phenoxy) is 4. The number of aromatic nitrogens is 4. The summed E-state index contributed by atoms with van der Waals surface area (Å²) in [6.45, 7) is 3.31. The zero-order chi connectivity index (χ0) is 21.3. The molecule has 0 radical (unpaired) electrons. The summed E-state index contributed by atoms with van der Waals surface area (Å²) >= 11 is 0. The minimum Gasteiger partial charge on any atom is -0.456 e. The van der Waals surface area contributed by atoms with E-state index in [0.717, 1.165) is 6.42 Å². The van der Waals surface area contributed by atoms with Gasteiger partial charge in [0.05, 0.1) is 25.6 Å². The van der Waals surface area contributed by atoms with Gasteiger partial charge in [0.2, 0.25) is 0 Å². The Morgan fingerprint density at radius 2 is 2.00 bits per heavy atom. The number of hydrogen-bond acceptors (Lipinski definition) is 11. The van der Waals surface area contributed by atoms with Crippen LogP contribution in [0.2, 0.25) is 0 Å². The average Bonchev–Trinajstić information content (AvgIpc) is 3.42. The van der Waals surface area contributed by atoms with Crippen molar-refractivity contribution in [2.75, 3.05) is 25.1 Å². The summed E-state index contributed by atoms with van der Waals surface area (Å²) in [5, 5.41) is 13.0. The van der Waals surface area contributed by atoms with Gasteiger partial charge in [-0.05, 0) is 6.42 Å². The molecule has 5 atom stereocenters. The lowest BCUT2D eigenvalue weighted by molar-refractivity contribution is -0.165. The maximum atomic E-state index is 11.7. The summed E-state index contributed by atoms with van der Waals surface area (Å²) in [6.07, 6.45) is -0.0179. The molecule has 12 nitrogen and oxygen atoms in total. The summed E-state index contributed by atoms with van der Waals surface area (Å²) in [6, 6.07) is 0.122. The number of nitrogens with zero attached hydrogens (tertiary/aromatic N) is 4. The molecule has 12 heteroatoms. The molecule has 2 fully saturated rings. The third kappa shape index (κ3) is 3.93. The number of nitrogens with one attached hydrogen (secondary N) is 1. The van der Waals surface area contributed by atoms with Gasteiger partial charge in [0, 0.05) is 20.5 Å². The van der Waals surface area contributed by atoms with Crippen LogP contribution in [0, 0.1) is 0 Å². The molecule has 2 N–H and O–H groups in total. The predicted molar refractivity (Wildman–Crippen MR) is 100 cm³/mol. The van der Waals surface area contributed by atoms with Crippen LogP contribution in [0.25, 0.3) is 11.2 Å². The van der Waals surface area contributed by atoms with Gasteiger partial charge >= 0.3 is 11.9 Å². The third-order valence-corrected chi connectivity index (χ3v) is 4.97. The van der Waals surface area contributed by atoms with Crippen molar-refractivity contribution in [3.63, 3.8) is 0 Å². The highest BCUT2D eigenvalue weighted by atomic mass is 16.6. The highest BCUT2D eigenvalue weighted by molar-refractivity contribution is 5.83. The molecule has 0 bridgehead atoms. The number of rotatable bonds is 6. The Morgan fingerprint density at radius 3 is 2.67 bits per heavy atom. The minimum absolute atomic E-state index is 0.122. The molecule has 2 aromatic heterocycles. The summed E-state index contributed by atoms with van der Waals surface area (Å²) in [5.74, 6) is -0.610.